The predicted octanol–water partition coefficient (Wildman–Crippen LogP) is 1.40. The predicted molar refractivity (Wildman–Crippen MR) is 66.5 cm³/mol. The van der Waals surface area contributed by atoms with Crippen LogP contribution >= 0.6 is 0 Å². The van der Waals surface area contributed by atoms with Crippen LogP contribution in [0, 0.1) is 5.82 Å². The lowest BCUT2D eigenvalue weighted by Gasteiger charge is -2.35. The molecule has 0 amide bonds. The lowest BCUT2D eigenvalue weighted by Crippen LogP contribution is -2.47. The lowest BCUT2D eigenvalue weighted by atomic mass is 9.85. The minimum atomic E-state index is -0.254. The van der Waals surface area contributed by atoms with E-state index in [0.29, 0.717) is 0 Å². The second-order valence-electron chi connectivity index (χ2n) is 5.30. The number of rotatable bonds is 3. The first-order chi connectivity index (χ1) is 8.08. The molecule has 1 aromatic rings. The van der Waals surface area contributed by atoms with Gasteiger partial charge in [-0.15, -0.1) is 0 Å². The van der Waals surface area contributed by atoms with Crippen molar-refractivity contribution >= 4 is 0 Å². The molecule has 0 radical (unpaired) electrons. The van der Waals surface area contributed by atoms with Gasteiger partial charge >= 0.3 is 0 Å². The Morgan fingerprint density at radius 3 is 2.71 bits per heavy atom. The number of halogens is 1. The molecule has 1 aliphatic rings. The van der Waals surface area contributed by atoms with Crippen LogP contribution in [0.2, 0.25) is 0 Å². The van der Waals surface area contributed by atoms with E-state index in [4.69, 9.17) is 0 Å². The Morgan fingerprint density at radius 1 is 1.35 bits per heavy atom. The van der Waals surface area contributed by atoms with Gasteiger partial charge in [0.2, 0.25) is 0 Å². The van der Waals surface area contributed by atoms with Crippen LogP contribution in [0.5, 0.6) is 0 Å². The molecule has 2 heterocycles. The molecule has 0 unspecified atom stereocenters. The number of piperazine rings is 1. The van der Waals surface area contributed by atoms with Gasteiger partial charge in [-0.3, -0.25) is 9.88 Å². The summed E-state index contributed by atoms with van der Waals surface area (Å²) in [4.78, 5) is 6.36. The molecule has 1 aliphatic heterocycles. The van der Waals surface area contributed by atoms with E-state index in [1.54, 1.807) is 12.3 Å². The Hall–Kier alpha value is -1.00. The molecule has 0 bridgehead atoms. The molecular weight excluding hydrogens is 217 g/mol. The zero-order chi connectivity index (χ0) is 12.3. The highest BCUT2D eigenvalue weighted by Gasteiger charge is 2.25. The smallest absolute Gasteiger partial charge is 0.141 e. The molecule has 0 saturated carbocycles. The Morgan fingerprint density at radius 2 is 2.06 bits per heavy atom. The van der Waals surface area contributed by atoms with E-state index < -0.39 is 0 Å². The molecule has 1 saturated heterocycles. The van der Waals surface area contributed by atoms with E-state index in [1.807, 2.05) is 0 Å². The molecule has 94 valence electrons. The maximum Gasteiger partial charge on any atom is 0.141 e. The van der Waals surface area contributed by atoms with Crippen molar-refractivity contribution in [3.05, 3.63) is 29.8 Å². The summed E-state index contributed by atoms with van der Waals surface area (Å²) in [5.74, 6) is -0.254. The van der Waals surface area contributed by atoms with Gasteiger partial charge in [0.1, 0.15) is 5.82 Å². The quantitative estimate of drug-likeness (QED) is 0.861. The zero-order valence-electron chi connectivity index (χ0n) is 10.5. The van der Waals surface area contributed by atoms with Crippen molar-refractivity contribution in [3.63, 3.8) is 0 Å². The summed E-state index contributed by atoms with van der Waals surface area (Å²) in [6.45, 7) is 9.43. The average molecular weight is 237 g/mol. The number of aromatic nitrogens is 1. The molecule has 0 aliphatic carbocycles. The van der Waals surface area contributed by atoms with Crippen LogP contribution in [0.25, 0.3) is 0 Å². The van der Waals surface area contributed by atoms with Gasteiger partial charge in [-0.25, -0.2) is 4.39 Å². The monoisotopic (exact) mass is 237 g/mol. The number of pyridine rings is 1. The van der Waals surface area contributed by atoms with Crippen molar-refractivity contribution in [3.8, 4) is 0 Å². The third-order valence-corrected chi connectivity index (χ3v) is 3.31. The second-order valence-corrected chi connectivity index (χ2v) is 5.30. The van der Waals surface area contributed by atoms with Crippen LogP contribution in [-0.4, -0.2) is 42.6 Å². The van der Waals surface area contributed by atoms with Gasteiger partial charge in [0.05, 0.1) is 6.20 Å². The first-order valence-electron chi connectivity index (χ1n) is 6.12. The first-order valence-corrected chi connectivity index (χ1v) is 6.12. The van der Waals surface area contributed by atoms with Crippen LogP contribution in [0.15, 0.2) is 18.5 Å². The second kappa shape index (κ2) is 5.10. The highest BCUT2D eigenvalue weighted by Crippen LogP contribution is 2.24. The summed E-state index contributed by atoms with van der Waals surface area (Å²) in [7, 11) is 0. The topological polar surface area (TPSA) is 28.2 Å². The van der Waals surface area contributed by atoms with Crippen molar-refractivity contribution in [1.82, 2.24) is 15.2 Å². The summed E-state index contributed by atoms with van der Waals surface area (Å²) in [5.41, 5.74) is 0.905. The van der Waals surface area contributed by atoms with Gasteiger partial charge in [0.25, 0.3) is 0 Å². The Labute approximate surface area is 102 Å². The lowest BCUT2D eigenvalue weighted by molar-refractivity contribution is 0.199. The van der Waals surface area contributed by atoms with E-state index in [-0.39, 0.29) is 11.2 Å². The Balaban J connectivity index is 2.06. The highest BCUT2D eigenvalue weighted by atomic mass is 19.1. The maximum absolute atomic E-state index is 13.2. The van der Waals surface area contributed by atoms with Crippen molar-refractivity contribution in [1.29, 1.82) is 0 Å². The van der Waals surface area contributed by atoms with Gasteiger partial charge in [0.15, 0.2) is 0 Å². The molecule has 0 spiro atoms. The molecule has 1 aromatic heterocycles. The molecule has 1 N–H and O–H groups in total. The van der Waals surface area contributed by atoms with Crippen molar-refractivity contribution in [2.24, 2.45) is 0 Å². The normalized spacial score (nSPS) is 18.3. The number of nitrogens with one attached hydrogen (secondary N) is 1. The van der Waals surface area contributed by atoms with E-state index >= 15 is 0 Å². The fraction of sp³-hybridized carbons (Fsp3) is 0.615. The molecule has 3 nitrogen and oxygen atoms in total. The van der Waals surface area contributed by atoms with Crippen molar-refractivity contribution in [2.75, 3.05) is 32.7 Å². The minimum absolute atomic E-state index is 0.0631. The fourth-order valence-electron chi connectivity index (χ4n) is 2.30. The highest BCUT2D eigenvalue weighted by molar-refractivity contribution is 5.21. The van der Waals surface area contributed by atoms with Crippen LogP contribution in [0.1, 0.15) is 19.4 Å². The van der Waals surface area contributed by atoms with Crippen LogP contribution in [0.3, 0.4) is 0 Å². The Kier molecular flexibility index (Phi) is 3.74. The van der Waals surface area contributed by atoms with Gasteiger partial charge in [-0.05, 0) is 11.6 Å². The van der Waals surface area contributed by atoms with Gasteiger partial charge in [-0.2, -0.15) is 0 Å². The third kappa shape index (κ3) is 3.23. The Bertz CT molecular complexity index is 373. The molecule has 0 atom stereocenters. The maximum atomic E-state index is 13.2. The summed E-state index contributed by atoms with van der Waals surface area (Å²) >= 11 is 0. The summed E-state index contributed by atoms with van der Waals surface area (Å²) in [6.07, 6.45) is 3.02. The largest absolute Gasteiger partial charge is 0.314 e. The van der Waals surface area contributed by atoms with E-state index in [2.05, 4.69) is 29.0 Å². The summed E-state index contributed by atoms with van der Waals surface area (Å²) in [5, 5.41) is 3.34. The van der Waals surface area contributed by atoms with Crippen molar-refractivity contribution < 1.29 is 4.39 Å². The average Bonchev–Trinajstić information content (AvgIpc) is 2.30. The van der Waals surface area contributed by atoms with Gasteiger partial charge in [-0.1, -0.05) is 13.8 Å². The van der Waals surface area contributed by atoms with Crippen LogP contribution in [-0.2, 0) is 5.41 Å². The molecule has 2 rings (SSSR count). The summed E-state index contributed by atoms with van der Waals surface area (Å²) < 4.78 is 13.2. The number of nitrogens with zero attached hydrogens (tertiary/aromatic N) is 2. The van der Waals surface area contributed by atoms with Crippen molar-refractivity contribution in [2.45, 2.75) is 19.3 Å². The molecular formula is C13H20FN3. The van der Waals surface area contributed by atoms with E-state index in [1.165, 1.54) is 6.20 Å². The van der Waals surface area contributed by atoms with Gasteiger partial charge in [0, 0.05) is 44.3 Å². The first kappa shape index (κ1) is 12.5. The summed E-state index contributed by atoms with van der Waals surface area (Å²) in [6, 6.07) is 1.59. The standard InChI is InChI=1S/C13H20FN3/c1-13(2,10-17-5-3-15-4-6-17)11-7-12(14)9-16-8-11/h7-9,15H,3-6,10H2,1-2H3. The minimum Gasteiger partial charge on any atom is -0.314 e. The zero-order valence-corrected chi connectivity index (χ0v) is 10.5. The van der Waals surface area contributed by atoms with Crippen LogP contribution in [0.4, 0.5) is 4.39 Å². The molecule has 0 aromatic carbocycles. The molecule has 17 heavy (non-hydrogen) atoms. The number of hydrogen-bond donors (Lipinski definition) is 1. The van der Waals surface area contributed by atoms with E-state index in [0.717, 1.165) is 38.3 Å². The third-order valence-electron chi connectivity index (χ3n) is 3.31. The molecule has 1 fully saturated rings. The van der Waals surface area contributed by atoms with Crippen LogP contribution < -0.4 is 5.32 Å². The van der Waals surface area contributed by atoms with E-state index in [9.17, 15) is 4.39 Å². The molecule has 4 heteroatoms. The number of hydrogen-bond acceptors (Lipinski definition) is 3. The van der Waals surface area contributed by atoms with Gasteiger partial charge < -0.3 is 5.32 Å². The SMILES string of the molecule is CC(C)(CN1CCNCC1)c1cncc(F)c1. The fourth-order valence-corrected chi connectivity index (χ4v) is 2.30.